The maximum atomic E-state index is 13.3. The molecule has 0 unspecified atom stereocenters. The number of hydrogen-bond acceptors (Lipinski definition) is 3. The topological polar surface area (TPSA) is 50.1 Å². The fourth-order valence-electron chi connectivity index (χ4n) is 3.22. The van der Waals surface area contributed by atoms with Gasteiger partial charge in [0.15, 0.2) is 18.1 Å². The molecule has 3 aromatic rings. The quantitative estimate of drug-likeness (QED) is 0.724. The lowest BCUT2D eigenvalue weighted by Gasteiger charge is -2.19. The minimum absolute atomic E-state index is 0.171. The zero-order chi connectivity index (χ0) is 19.0. The van der Waals surface area contributed by atoms with Crippen molar-refractivity contribution in [2.75, 3.05) is 5.32 Å². The molecule has 2 aromatic carbocycles. The minimum Gasteiger partial charge on any atom is -0.346 e. The molecule has 4 heteroatoms. The molecule has 1 heterocycles. The van der Waals surface area contributed by atoms with Gasteiger partial charge in [-0.3, -0.25) is 9.59 Å². The molecule has 0 atom stereocenters. The highest BCUT2D eigenvalue weighted by Gasteiger charge is 2.38. The number of allylic oxidation sites excluding steroid dienone is 2. The number of fused-ring (bicyclic) bond motifs is 1. The lowest BCUT2D eigenvalue weighted by atomic mass is 9.90. The Morgan fingerprint density at radius 2 is 1.33 bits per heavy atom. The van der Waals surface area contributed by atoms with Gasteiger partial charge in [-0.15, -0.1) is 0 Å². The van der Waals surface area contributed by atoms with E-state index in [-0.39, 0.29) is 11.6 Å². The molecule has 132 valence electrons. The zero-order valence-corrected chi connectivity index (χ0v) is 15.2. The van der Waals surface area contributed by atoms with Gasteiger partial charge in [0.05, 0.1) is 0 Å². The third kappa shape index (κ3) is 2.95. The third-order valence-electron chi connectivity index (χ3n) is 4.75. The molecule has 1 aliphatic rings. The van der Waals surface area contributed by atoms with Crippen LogP contribution in [0.4, 0.5) is 5.69 Å². The van der Waals surface area contributed by atoms with Gasteiger partial charge < -0.3 is 5.32 Å². The van der Waals surface area contributed by atoms with E-state index in [1.165, 1.54) is 0 Å². The van der Waals surface area contributed by atoms with Gasteiger partial charge in [-0.05, 0) is 31.0 Å². The van der Waals surface area contributed by atoms with Crippen LogP contribution in [0.25, 0.3) is 5.70 Å². The summed E-state index contributed by atoms with van der Waals surface area (Å²) in [5.41, 5.74) is 4.37. The van der Waals surface area contributed by atoms with Crippen LogP contribution in [0, 0.1) is 13.8 Å². The van der Waals surface area contributed by atoms with Crippen molar-refractivity contribution >= 4 is 23.0 Å². The first-order chi connectivity index (χ1) is 13.1. The Bertz CT molecular complexity index is 1100. The molecule has 1 N–H and O–H groups in total. The Hall–Kier alpha value is -3.53. The Kier molecular flexibility index (Phi) is 4.16. The van der Waals surface area contributed by atoms with Crippen molar-refractivity contribution in [2.45, 2.75) is 13.8 Å². The molecular weight excluding hydrogens is 336 g/mol. The summed E-state index contributed by atoms with van der Waals surface area (Å²) in [5.74, 6) is -0.355. The van der Waals surface area contributed by atoms with Gasteiger partial charge in [0, 0.05) is 28.9 Å². The van der Waals surface area contributed by atoms with Crippen LogP contribution < -0.4 is 9.88 Å². The Morgan fingerprint density at radius 3 is 2.00 bits per heavy atom. The number of aromatic nitrogens is 1. The van der Waals surface area contributed by atoms with Crippen molar-refractivity contribution in [3.63, 3.8) is 0 Å². The molecule has 27 heavy (non-hydrogen) atoms. The largest absolute Gasteiger partial charge is 0.346 e. The van der Waals surface area contributed by atoms with E-state index >= 15 is 0 Å². The lowest BCUT2D eigenvalue weighted by molar-refractivity contribution is -0.577. The van der Waals surface area contributed by atoms with Crippen LogP contribution >= 0.6 is 0 Å². The first-order valence-electron chi connectivity index (χ1n) is 8.80. The van der Waals surface area contributed by atoms with E-state index in [1.807, 2.05) is 62.6 Å². The van der Waals surface area contributed by atoms with Gasteiger partial charge in [0.25, 0.3) is 11.5 Å². The summed E-state index contributed by atoms with van der Waals surface area (Å²) in [7, 11) is 0. The molecule has 4 nitrogen and oxygen atoms in total. The first-order valence-corrected chi connectivity index (χ1v) is 8.80. The van der Waals surface area contributed by atoms with E-state index in [9.17, 15) is 9.59 Å². The van der Waals surface area contributed by atoms with E-state index < -0.39 is 0 Å². The Balaban J connectivity index is 1.93. The second-order valence-electron chi connectivity index (χ2n) is 6.65. The third-order valence-corrected chi connectivity index (χ3v) is 4.75. The maximum absolute atomic E-state index is 13.3. The molecule has 1 aliphatic carbocycles. The SMILES string of the molecule is Cc1cc[n+](C2=C(Nc3ccccc3C)C(=O)c3ccccc3C2=O)cc1. The van der Waals surface area contributed by atoms with Crippen molar-refractivity contribution in [1.82, 2.24) is 0 Å². The summed E-state index contributed by atoms with van der Waals surface area (Å²) in [4.78, 5) is 26.5. The van der Waals surface area contributed by atoms with Crippen molar-refractivity contribution in [3.05, 3.63) is 101 Å². The lowest BCUT2D eigenvalue weighted by Crippen LogP contribution is -2.42. The van der Waals surface area contributed by atoms with E-state index in [0.717, 1.165) is 16.8 Å². The number of Topliss-reactive ketones (excluding diaryl/α,β-unsaturated/α-hetero) is 2. The van der Waals surface area contributed by atoms with E-state index in [0.29, 0.717) is 22.5 Å². The Labute approximate surface area is 157 Å². The van der Waals surface area contributed by atoms with Crippen molar-refractivity contribution in [2.24, 2.45) is 0 Å². The number of carbonyl (C=O) groups is 2. The van der Waals surface area contributed by atoms with Gasteiger partial charge in [-0.2, -0.15) is 4.57 Å². The predicted octanol–water partition coefficient (Wildman–Crippen LogP) is 3.95. The predicted molar refractivity (Wildman–Crippen MR) is 104 cm³/mol. The summed E-state index contributed by atoms with van der Waals surface area (Å²) in [6, 6.07) is 18.5. The van der Waals surface area contributed by atoms with Crippen LogP contribution in [0.15, 0.2) is 78.8 Å². The average Bonchev–Trinajstić information content (AvgIpc) is 2.69. The number of anilines is 1. The standard InChI is InChI=1S/C23H18N2O2/c1-15-11-13-25(14-12-15)21-20(24-19-10-6-3-7-16(19)2)22(26)17-8-4-5-9-18(17)23(21)27/h3-14H,1-2H3/p+1. The molecule has 0 radical (unpaired) electrons. The van der Waals surface area contributed by atoms with E-state index in [1.54, 1.807) is 28.8 Å². The number of hydrogen-bond donors (Lipinski definition) is 1. The van der Waals surface area contributed by atoms with Crippen LogP contribution in [0.3, 0.4) is 0 Å². The normalized spacial score (nSPS) is 13.6. The maximum Gasteiger partial charge on any atom is 0.286 e. The molecule has 0 bridgehead atoms. The van der Waals surface area contributed by atoms with Crippen LogP contribution in [-0.2, 0) is 0 Å². The monoisotopic (exact) mass is 355 g/mol. The highest BCUT2D eigenvalue weighted by molar-refractivity contribution is 6.36. The van der Waals surface area contributed by atoms with Gasteiger partial charge >= 0.3 is 0 Å². The van der Waals surface area contributed by atoms with Crippen molar-refractivity contribution < 1.29 is 14.2 Å². The van der Waals surface area contributed by atoms with Gasteiger partial charge in [-0.1, -0.05) is 42.5 Å². The molecule has 4 rings (SSSR count). The fourth-order valence-corrected chi connectivity index (χ4v) is 3.22. The molecule has 0 saturated heterocycles. The van der Waals surface area contributed by atoms with E-state index in [4.69, 9.17) is 0 Å². The van der Waals surface area contributed by atoms with Crippen LogP contribution in [0.1, 0.15) is 31.8 Å². The van der Waals surface area contributed by atoms with Gasteiger partial charge in [0.2, 0.25) is 5.78 Å². The summed E-state index contributed by atoms with van der Waals surface area (Å²) in [6.07, 6.45) is 3.62. The molecular formula is C23H19N2O2+. The number of aryl methyl sites for hydroxylation is 2. The number of ketones is 2. The number of rotatable bonds is 3. The highest BCUT2D eigenvalue weighted by atomic mass is 16.1. The second kappa shape index (κ2) is 6.65. The number of nitrogens with zero attached hydrogens (tertiary/aromatic N) is 1. The summed E-state index contributed by atoms with van der Waals surface area (Å²) < 4.78 is 1.71. The summed E-state index contributed by atoms with van der Waals surface area (Å²) in [5, 5.41) is 3.22. The molecule has 0 spiro atoms. The number of pyridine rings is 1. The number of benzene rings is 2. The number of nitrogens with one attached hydrogen (secondary N) is 1. The molecule has 0 amide bonds. The van der Waals surface area contributed by atoms with Gasteiger partial charge in [-0.25, -0.2) is 0 Å². The van der Waals surface area contributed by atoms with Gasteiger partial charge in [0.1, 0.15) is 0 Å². The van der Waals surface area contributed by atoms with Crippen molar-refractivity contribution in [1.29, 1.82) is 0 Å². The summed E-state index contributed by atoms with van der Waals surface area (Å²) >= 11 is 0. The fraction of sp³-hybridized carbons (Fsp3) is 0.0870. The van der Waals surface area contributed by atoms with Crippen LogP contribution in [-0.4, -0.2) is 11.6 Å². The molecule has 0 aliphatic heterocycles. The second-order valence-corrected chi connectivity index (χ2v) is 6.65. The first kappa shape index (κ1) is 16.9. The van der Waals surface area contributed by atoms with Crippen molar-refractivity contribution in [3.8, 4) is 0 Å². The number of carbonyl (C=O) groups excluding carboxylic acids is 2. The molecule has 0 fully saturated rings. The smallest absolute Gasteiger partial charge is 0.286 e. The zero-order valence-electron chi connectivity index (χ0n) is 15.2. The van der Waals surface area contributed by atoms with Crippen LogP contribution in [0.5, 0.6) is 0 Å². The Morgan fingerprint density at radius 1 is 0.741 bits per heavy atom. The molecule has 0 saturated carbocycles. The minimum atomic E-state index is -0.184. The van der Waals surface area contributed by atoms with E-state index in [2.05, 4.69) is 5.32 Å². The molecule has 1 aromatic heterocycles. The number of para-hydroxylation sites is 1. The van der Waals surface area contributed by atoms with Crippen LogP contribution in [0.2, 0.25) is 0 Å². The summed E-state index contributed by atoms with van der Waals surface area (Å²) in [6.45, 7) is 3.94. The average molecular weight is 355 g/mol. The highest BCUT2D eigenvalue weighted by Crippen LogP contribution is 2.28.